The van der Waals surface area contributed by atoms with Crippen LogP contribution in [-0.2, 0) is 9.53 Å². The first kappa shape index (κ1) is 17.3. The van der Waals surface area contributed by atoms with Crippen LogP contribution in [0.4, 0.5) is 0 Å². The van der Waals surface area contributed by atoms with Gasteiger partial charge in [-0.25, -0.2) is 4.79 Å². The summed E-state index contributed by atoms with van der Waals surface area (Å²) in [6.07, 6.45) is 2.75. The predicted octanol–water partition coefficient (Wildman–Crippen LogP) is 1.93. The summed E-state index contributed by atoms with van der Waals surface area (Å²) < 4.78 is 10.0. The molecule has 2 N–H and O–H groups in total. The molecule has 0 bridgehead atoms. The lowest BCUT2D eigenvalue weighted by Crippen LogP contribution is -2.23. The van der Waals surface area contributed by atoms with E-state index in [-0.39, 0.29) is 12.5 Å². The molecule has 1 amide bonds. The van der Waals surface area contributed by atoms with Crippen LogP contribution in [0.15, 0.2) is 42.5 Å². The first-order valence-electron chi connectivity index (χ1n) is 7.46. The highest BCUT2D eigenvalue weighted by Crippen LogP contribution is 2.28. The van der Waals surface area contributed by atoms with Gasteiger partial charge in [-0.05, 0) is 25.1 Å². The van der Waals surface area contributed by atoms with E-state index in [9.17, 15) is 9.59 Å². The number of hydrogen-bond donors (Lipinski definition) is 2. The SMILES string of the molecule is CCOc1ccccc1-c1cc(C(=O)NC/C=C/C(=O)OC)[nH]n1. The standard InChI is InChI=1S/C17H19N3O4/c1-3-24-15-8-5-4-7-12(15)13-11-14(20-19-13)17(22)18-10-6-9-16(21)23-2/h4-9,11H,3,10H2,1-2H3,(H,18,22)(H,19,20)/b9-6+. The minimum atomic E-state index is -0.472. The fraction of sp³-hybridized carbons (Fsp3) is 0.235. The summed E-state index contributed by atoms with van der Waals surface area (Å²) in [5.41, 5.74) is 1.75. The number of para-hydroxylation sites is 1. The quantitative estimate of drug-likeness (QED) is 0.598. The number of nitrogens with zero attached hydrogens (tertiary/aromatic N) is 1. The molecule has 0 spiro atoms. The van der Waals surface area contributed by atoms with Crippen LogP contribution in [0.2, 0.25) is 0 Å². The van der Waals surface area contributed by atoms with Gasteiger partial charge in [0.2, 0.25) is 0 Å². The third kappa shape index (κ3) is 4.45. The smallest absolute Gasteiger partial charge is 0.330 e. The number of rotatable bonds is 7. The molecule has 1 aromatic heterocycles. The van der Waals surface area contributed by atoms with Gasteiger partial charge in [0.1, 0.15) is 11.4 Å². The average Bonchev–Trinajstić information content (AvgIpc) is 3.09. The maximum atomic E-state index is 12.1. The first-order chi connectivity index (χ1) is 11.7. The Balaban J connectivity index is 2.04. The number of hydrogen-bond acceptors (Lipinski definition) is 5. The van der Waals surface area contributed by atoms with E-state index in [4.69, 9.17) is 4.74 Å². The van der Waals surface area contributed by atoms with Gasteiger partial charge in [0.15, 0.2) is 0 Å². The second-order valence-electron chi connectivity index (χ2n) is 4.73. The molecule has 0 aliphatic carbocycles. The number of methoxy groups -OCH3 is 1. The van der Waals surface area contributed by atoms with Crippen molar-refractivity contribution in [3.63, 3.8) is 0 Å². The minimum Gasteiger partial charge on any atom is -0.493 e. The van der Waals surface area contributed by atoms with E-state index in [1.165, 1.54) is 19.3 Å². The largest absolute Gasteiger partial charge is 0.493 e. The van der Waals surface area contributed by atoms with Crippen molar-refractivity contribution < 1.29 is 19.1 Å². The zero-order valence-corrected chi connectivity index (χ0v) is 13.5. The Morgan fingerprint density at radius 1 is 1.33 bits per heavy atom. The fourth-order valence-electron chi connectivity index (χ4n) is 2.01. The fourth-order valence-corrected chi connectivity index (χ4v) is 2.01. The molecule has 1 heterocycles. The summed E-state index contributed by atoms with van der Waals surface area (Å²) >= 11 is 0. The topological polar surface area (TPSA) is 93.3 Å². The molecule has 24 heavy (non-hydrogen) atoms. The van der Waals surface area contributed by atoms with Gasteiger partial charge in [-0.2, -0.15) is 5.10 Å². The molecule has 0 saturated carbocycles. The maximum absolute atomic E-state index is 12.1. The molecule has 0 atom stereocenters. The molecule has 0 fully saturated rings. The molecule has 2 aromatic rings. The summed E-state index contributed by atoms with van der Waals surface area (Å²) in [5.74, 6) is -0.0859. The maximum Gasteiger partial charge on any atom is 0.330 e. The molecule has 7 nitrogen and oxygen atoms in total. The van der Waals surface area contributed by atoms with Crippen molar-refractivity contribution in [1.29, 1.82) is 0 Å². The average molecular weight is 329 g/mol. The van der Waals surface area contributed by atoms with Gasteiger partial charge in [-0.3, -0.25) is 9.89 Å². The molecule has 7 heteroatoms. The van der Waals surface area contributed by atoms with Crippen molar-refractivity contribution >= 4 is 11.9 Å². The van der Waals surface area contributed by atoms with Crippen LogP contribution in [0.3, 0.4) is 0 Å². The van der Waals surface area contributed by atoms with Crippen LogP contribution in [0.1, 0.15) is 17.4 Å². The van der Waals surface area contributed by atoms with Crippen molar-refractivity contribution in [1.82, 2.24) is 15.5 Å². The van der Waals surface area contributed by atoms with Gasteiger partial charge in [0.25, 0.3) is 5.91 Å². The number of H-pyrrole nitrogens is 1. The van der Waals surface area contributed by atoms with E-state index >= 15 is 0 Å². The van der Waals surface area contributed by atoms with Crippen molar-refractivity contribution in [2.24, 2.45) is 0 Å². The lowest BCUT2D eigenvalue weighted by molar-refractivity contribution is -0.134. The van der Waals surface area contributed by atoms with Crippen molar-refractivity contribution in [3.05, 3.63) is 48.2 Å². The second kappa shape index (κ2) is 8.52. The van der Waals surface area contributed by atoms with Crippen LogP contribution in [0.5, 0.6) is 5.75 Å². The van der Waals surface area contributed by atoms with Gasteiger partial charge in [0.05, 0.1) is 19.4 Å². The number of esters is 1. The Morgan fingerprint density at radius 2 is 2.12 bits per heavy atom. The third-order valence-corrected chi connectivity index (χ3v) is 3.12. The van der Waals surface area contributed by atoms with Crippen LogP contribution in [-0.4, -0.2) is 42.3 Å². The highest BCUT2D eigenvalue weighted by molar-refractivity contribution is 5.93. The van der Waals surface area contributed by atoms with Crippen LogP contribution >= 0.6 is 0 Å². The second-order valence-corrected chi connectivity index (χ2v) is 4.73. The summed E-state index contributed by atoms with van der Waals surface area (Å²) in [7, 11) is 1.29. The zero-order chi connectivity index (χ0) is 17.4. The molecule has 0 saturated heterocycles. The van der Waals surface area contributed by atoms with Crippen LogP contribution in [0, 0.1) is 0 Å². The zero-order valence-electron chi connectivity index (χ0n) is 13.5. The lowest BCUT2D eigenvalue weighted by atomic mass is 10.1. The van der Waals surface area contributed by atoms with E-state index in [0.717, 1.165) is 5.56 Å². The molecule has 0 aliphatic heterocycles. The highest BCUT2D eigenvalue weighted by atomic mass is 16.5. The van der Waals surface area contributed by atoms with E-state index in [1.807, 2.05) is 31.2 Å². The Hall–Kier alpha value is -3.09. The van der Waals surface area contributed by atoms with Crippen molar-refractivity contribution in [2.45, 2.75) is 6.92 Å². The number of aromatic amines is 1. The van der Waals surface area contributed by atoms with Gasteiger partial charge in [-0.15, -0.1) is 0 Å². The van der Waals surface area contributed by atoms with E-state index in [1.54, 1.807) is 6.07 Å². The highest BCUT2D eigenvalue weighted by Gasteiger charge is 2.13. The molecule has 0 unspecified atom stereocenters. The van der Waals surface area contributed by atoms with Crippen molar-refractivity contribution in [3.8, 4) is 17.0 Å². The van der Waals surface area contributed by atoms with Crippen LogP contribution in [0.25, 0.3) is 11.3 Å². The normalized spacial score (nSPS) is 10.6. The predicted molar refractivity (Wildman–Crippen MR) is 88.7 cm³/mol. The number of benzene rings is 1. The number of ether oxygens (including phenoxy) is 2. The number of carbonyl (C=O) groups is 2. The Bertz CT molecular complexity index is 737. The summed E-state index contributed by atoms with van der Waals surface area (Å²) in [5, 5.41) is 9.51. The lowest BCUT2D eigenvalue weighted by Gasteiger charge is -2.07. The van der Waals surface area contributed by atoms with Gasteiger partial charge >= 0.3 is 5.97 Å². The van der Waals surface area contributed by atoms with Crippen molar-refractivity contribution in [2.75, 3.05) is 20.3 Å². The summed E-state index contributed by atoms with van der Waals surface area (Å²) in [6.45, 7) is 2.65. The molecule has 0 radical (unpaired) electrons. The summed E-state index contributed by atoms with van der Waals surface area (Å²) in [4.78, 5) is 23.0. The molecule has 0 aliphatic rings. The minimum absolute atomic E-state index is 0.206. The molecule has 2 rings (SSSR count). The number of amides is 1. The number of aromatic nitrogens is 2. The Kier molecular flexibility index (Phi) is 6.13. The Labute approximate surface area is 139 Å². The van der Waals surface area contributed by atoms with E-state index in [0.29, 0.717) is 23.7 Å². The summed E-state index contributed by atoms with van der Waals surface area (Å²) in [6, 6.07) is 9.14. The number of nitrogens with one attached hydrogen (secondary N) is 2. The van der Waals surface area contributed by atoms with Crippen LogP contribution < -0.4 is 10.1 Å². The monoisotopic (exact) mass is 329 g/mol. The molecule has 126 valence electrons. The molecule has 1 aromatic carbocycles. The molecular formula is C17H19N3O4. The van der Waals surface area contributed by atoms with Gasteiger partial charge in [0, 0.05) is 18.2 Å². The van der Waals surface area contributed by atoms with Gasteiger partial charge < -0.3 is 14.8 Å². The molecular weight excluding hydrogens is 310 g/mol. The van der Waals surface area contributed by atoms with E-state index in [2.05, 4.69) is 20.3 Å². The third-order valence-electron chi connectivity index (χ3n) is 3.12. The Morgan fingerprint density at radius 3 is 2.88 bits per heavy atom. The van der Waals surface area contributed by atoms with Gasteiger partial charge in [-0.1, -0.05) is 18.2 Å². The first-order valence-corrected chi connectivity index (χ1v) is 7.46. The number of carbonyl (C=O) groups excluding carboxylic acids is 2. The van der Waals surface area contributed by atoms with E-state index < -0.39 is 5.97 Å².